The molecule has 116 valence electrons. The maximum absolute atomic E-state index is 13.2. The van der Waals surface area contributed by atoms with Gasteiger partial charge >= 0.3 is 0 Å². The van der Waals surface area contributed by atoms with Crippen LogP contribution in [0.25, 0.3) is 0 Å². The smallest absolute Gasteiger partial charge is 0.241 e. The van der Waals surface area contributed by atoms with Gasteiger partial charge < -0.3 is 5.11 Å². The largest absolute Gasteiger partial charge is 0.384 e. The third-order valence-corrected chi connectivity index (χ3v) is 4.73. The lowest BCUT2D eigenvalue weighted by Crippen LogP contribution is -2.29. The minimum absolute atomic E-state index is 0.0427. The summed E-state index contributed by atoms with van der Waals surface area (Å²) in [7, 11) is -3.75. The van der Waals surface area contributed by atoms with Crippen molar-refractivity contribution in [1.82, 2.24) is 4.72 Å². The fraction of sp³-hybridized carbons (Fsp3) is 0.467. The molecule has 0 heterocycles. The Morgan fingerprint density at radius 2 is 2.00 bits per heavy atom. The molecular weight excluding hydrogens is 293 g/mol. The number of aliphatic hydroxyl groups excluding tert-OH is 1. The summed E-state index contributed by atoms with van der Waals surface area (Å²) in [5.41, 5.74) is 0.0427. The van der Waals surface area contributed by atoms with Gasteiger partial charge in [-0.05, 0) is 24.1 Å². The van der Waals surface area contributed by atoms with Gasteiger partial charge in [0.1, 0.15) is 12.4 Å². The second kappa shape index (κ2) is 8.13. The van der Waals surface area contributed by atoms with Crippen molar-refractivity contribution in [2.75, 3.05) is 13.2 Å². The summed E-state index contributed by atoms with van der Waals surface area (Å²) in [5.74, 6) is 4.49. The lowest BCUT2D eigenvalue weighted by atomic mass is 10.0. The summed E-state index contributed by atoms with van der Waals surface area (Å²) in [6.07, 6.45) is 1.75. The Morgan fingerprint density at radius 1 is 1.33 bits per heavy atom. The molecule has 1 rings (SSSR count). The van der Waals surface area contributed by atoms with E-state index in [2.05, 4.69) is 16.6 Å². The number of hydrogen-bond acceptors (Lipinski definition) is 3. The lowest BCUT2D eigenvalue weighted by molar-refractivity contribution is 0.350. The zero-order valence-electron chi connectivity index (χ0n) is 12.2. The summed E-state index contributed by atoms with van der Waals surface area (Å²) >= 11 is 0. The molecule has 2 N–H and O–H groups in total. The molecule has 6 heteroatoms. The van der Waals surface area contributed by atoms with Gasteiger partial charge in [-0.2, -0.15) is 0 Å². The normalized spacial score (nSPS) is 11.3. The first-order chi connectivity index (χ1) is 9.94. The SMILES string of the molecule is CCC(CC)CNS(=O)(=O)c1ccc(F)cc1C#CCO. The average molecular weight is 313 g/mol. The molecule has 21 heavy (non-hydrogen) atoms. The van der Waals surface area contributed by atoms with E-state index < -0.39 is 22.4 Å². The van der Waals surface area contributed by atoms with Gasteiger partial charge in [0, 0.05) is 12.1 Å². The molecule has 0 aliphatic rings. The van der Waals surface area contributed by atoms with Crippen LogP contribution in [-0.2, 0) is 10.0 Å². The highest BCUT2D eigenvalue weighted by molar-refractivity contribution is 7.89. The predicted octanol–water partition coefficient (Wildman–Crippen LogP) is 1.88. The van der Waals surface area contributed by atoms with Gasteiger partial charge in [0.15, 0.2) is 0 Å². The van der Waals surface area contributed by atoms with Crippen LogP contribution in [0.5, 0.6) is 0 Å². The molecule has 1 aromatic carbocycles. The van der Waals surface area contributed by atoms with Crippen LogP contribution in [0.2, 0.25) is 0 Å². The van der Waals surface area contributed by atoms with Crippen molar-refractivity contribution in [3.8, 4) is 11.8 Å². The molecule has 0 radical (unpaired) electrons. The number of halogens is 1. The van der Waals surface area contributed by atoms with Gasteiger partial charge in [-0.15, -0.1) is 0 Å². The summed E-state index contributed by atoms with van der Waals surface area (Å²) in [4.78, 5) is -0.0733. The van der Waals surface area contributed by atoms with Gasteiger partial charge in [-0.3, -0.25) is 0 Å². The third-order valence-electron chi connectivity index (χ3n) is 3.25. The molecule has 0 bridgehead atoms. The molecule has 0 atom stereocenters. The van der Waals surface area contributed by atoms with Crippen molar-refractivity contribution in [3.63, 3.8) is 0 Å². The second-order valence-electron chi connectivity index (χ2n) is 4.63. The van der Waals surface area contributed by atoms with Crippen molar-refractivity contribution < 1.29 is 17.9 Å². The summed E-state index contributed by atoms with van der Waals surface area (Å²) in [5, 5.41) is 8.70. The second-order valence-corrected chi connectivity index (χ2v) is 6.37. The molecule has 4 nitrogen and oxygen atoms in total. The molecule has 1 aromatic rings. The van der Waals surface area contributed by atoms with Gasteiger partial charge in [-0.1, -0.05) is 38.5 Å². The van der Waals surface area contributed by atoms with Crippen molar-refractivity contribution >= 4 is 10.0 Å². The number of rotatable bonds is 6. The Hall–Kier alpha value is -1.42. The first-order valence-electron chi connectivity index (χ1n) is 6.83. The molecule has 0 fully saturated rings. The zero-order valence-corrected chi connectivity index (χ0v) is 13.0. The molecule has 0 saturated carbocycles. The highest BCUT2D eigenvalue weighted by atomic mass is 32.2. The van der Waals surface area contributed by atoms with Crippen molar-refractivity contribution in [2.24, 2.45) is 5.92 Å². The highest BCUT2D eigenvalue weighted by Crippen LogP contribution is 2.17. The summed E-state index contributed by atoms with van der Waals surface area (Å²) < 4.78 is 40.4. The Morgan fingerprint density at radius 3 is 2.57 bits per heavy atom. The van der Waals surface area contributed by atoms with Gasteiger partial charge in [-0.25, -0.2) is 17.5 Å². The first kappa shape index (κ1) is 17.6. The van der Waals surface area contributed by atoms with Crippen LogP contribution in [0.1, 0.15) is 32.3 Å². The number of sulfonamides is 1. The number of hydrogen-bond donors (Lipinski definition) is 2. The van der Waals surface area contributed by atoms with E-state index in [9.17, 15) is 12.8 Å². The number of benzene rings is 1. The average Bonchev–Trinajstić information content (AvgIpc) is 2.46. The quantitative estimate of drug-likeness (QED) is 0.788. The van der Waals surface area contributed by atoms with E-state index >= 15 is 0 Å². The molecule has 0 aliphatic heterocycles. The molecule has 0 aromatic heterocycles. The molecular formula is C15H20FNO3S. The van der Waals surface area contributed by atoms with Gasteiger partial charge in [0.2, 0.25) is 10.0 Å². The standard InChI is InChI=1S/C15H20FNO3S/c1-3-12(4-2)11-17-21(19,20)15-8-7-14(16)10-13(15)6-5-9-18/h7-8,10,12,17-18H,3-4,9,11H2,1-2H3. The zero-order chi connectivity index (χ0) is 15.9. The van der Waals surface area contributed by atoms with Crippen LogP contribution in [0.4, 0.5) is 4.39 Å². The molecule has 0 aliphatic carbocycles. The Kier molecular flexibility index (Phi) is 6.82. The van der Waals surface area contributed by atoms with E-state index in [-0.39, 0.29) is 16.4 Å². The topological polar surface area (TPSA) is 66.4 Å². The Bertz CT molecular complexity index is 628. The fourth-order valence-corrected chi connectivity index (χ4v) is 3.11. The van der Waals surface area contributed by atoms with Crippen molar-refractivity contribution in [3.05, 3.63) is 29.6 Å². The van der Waals surface area contributed by atoms with Gasteiger partial charge in [0.05, 0.1) is 4.90 Å². The van der Waals surface area contributed by atoms with Crippen LogP contribution in [-0.4, -0.2) is 26.7 Å². The Labute approximate surface area is 125 Å². The van der Waals surface area contributed by atoms with Crippen molar-refractivity contribution in [2.45, 2.75) is 31.6 Å². The van der Waals surface area contributed by atoms with Crippen LogP contribution >= 0.6 is 0 Å². The maximum Gasteiger partial charge on any atom is 0.241 e. The molecule has 0 amide bonds. The van der Waals surface area contributed by atoms with E-state index in [0.717, 1.165) is 25.0 Å². The molecule has 0 spiro atoms. The van der Waals surface area contributed by atoms with Crippen LogP contribution < -0.4 is 4.72 Å². The number of aliphatic hydroxyl groups is 1. The summed E-state index contributed by atoms with van der Waals surface area (Å²) in [6, 6.07) is 3.32. The fourth-order valence-electron chi connectivity index (χ4n) is 1.85. The van der Waals surface area contributed by atoms with E-state index in [1.54, 1.807) is 0 Å². The minimum atomic E-state index is -3.75. The Balaban J connectivity index is 3.07. The first-order valence-corrected chi connectivity index (χ1v) is 8.31. The van der Waals surface area contributed by atoms with E-state index in [4.69, 9.17) is 5.11 Å². The monoisotopic (exact) mass is 313 g/mol. The predicted molar refractivity (Wildman–Crippen MR) is 79.6 cm³/mol. The lowest BCUT2D eigenvalue weighted by Gasteiger charge is -2.14. The highest BCUT2D eigenvalue weighted by Gasteiger charge is 2.19. The third kappa shape index (κ3) is 5.12. The minimum Gasteiger partial charge on any atom is -0.384 e. The van der Waals surface area contributed by atoms with Gasteiger partial charge in [0.25, 0.3) is 0 Å². The molecule has 0 unspecified atom stereocenters. The van der Waals surface area contributed by atoms with Crippen LogP contribution in [0.3, 0.4) is 0 Å². The van der Waals surface area contributed by atoms with Crippen LogP contribution in [0, 0.1) is 23.6 Å². The van der Waals surface area contributed by atoms with Crippen LogP contribution in [0.15, 0.2) is 23.1 Å². The summed E-state index contributed by atoms with van der Waals surface area (Å²) in [6.45, 7) is 3.91. The number of nitrogens with one attached hydrogen (secondary N) is 1. The van der Waals surface area contributed by atoms with Crippen molar-refractivity contribution in [1.29, 1.82) is 0 Å². The van der Waals surface area contributed by atoms with E-state index in [0.29, 0.717) is 6.54 Å². The van der Waals surface area contributed by atoms with E-state index in [1.807, 2.05) is 13.8 Å². The molecule has 0 saturated heterocycles. The van der Waals surface area contributed by atoms with E-state index in [1.165, 1.54) is 6.07 Å². The maximum atomic E-state index is 13.2.